The summed E-state index contributed by atoms with van der Waals surface area (Å²) in [6, 6.07) is 11.2. The predicted octanol–water partition coefficient (Wildman–Crippen LogP) is 4.48. The second-order valence-electron chi connectivity index (χ2n) is 8.57. The van der Waals surface area contributed by atoms with Gasteiger partial charge in [0.1, 0.15) is 23.7 Å². The predicted molar refractivity (Wildman–Crippen MR) is 117 cm³/mol. The Balaban J connectivity index is 1.87. The third-order valence-corrected chi connectivity index (χ3v) is 4.77. The zero-order valence-electron chi connectivity index (χ0n) is 18.7. The van der Waals surface area contributed by atoms with Crippen molar-refractivity contribution < 1.29 is 23.6 Å². The van der Waals surface area contributed by atoms with Crippen molar-refractivity contribution in [3.63, 3.8) is 0 Å². The van der Waals surface area contributed by atoms with Crippen molar-refractivity contribution in [3.05, 3.63) is 59.0 Å². The van der Waals surface area contributed by atoms with Gasteiger partial charge in [-0.25, -0.2) is 4.79 Å². The minimum absolute atomic E-state index is 0.194. The molecule has 0 aliphatic rings. The molecule has 1 atom stereocenters. The van der Waals surface area contributed by atoms with Crippen LogP contribution < -0.4 is 10.1 Å². The molecule has 3 rings (SSSR count). The van der Waals surface area contributed by atoms with E-state index in [0.717, 1.165) is 22.0 Å². The number of nitrogens with zero attached hydrogens (tertiary/aromatic N) is 1. The number of aromatic nitrogens is 1. The minimum Gasteiger partial charge on any atom is -0.488 e. The number of benzene rings is 2. The van der Waals surface area contributed by atoms with E-state index in [1.807, 2.05) is 58.9 Å². The van der Waals surface area contributed by atoms with E-state index >= 15 is 0 Å². The molecule has 1 heterocycles. The van der Waals surface area contributed by atoms with Gasteiger partial charge < -0.3 is 19.3 Å². The lowest BCUT2D eigenvalue weighted by molar-refractivity contribution is -0.130. The molecule has 1 N–H and O–H groups in total. The zero-order chi connectivity index (χ0) is 22.8. The monoisotopic (exact) mass is 424 g/mol. The molecule has 0 fully saturated rings. The molecule has 2 aromatic carbocycles. The number of aryl methyl sites for hydroxylation is 2. The fourth-order valence-corrected chi connectivity index (χ4v) is 3.11. The molecular weight excluding hydrogens is 396 g/mol. The summed E-state index contributed by atoms with van der Waals surface area (Å²) in [6.07, 6.45) is -0.950. The van der Waals surface area contributed by atoms with Crippen molar-refractivity contribution in [2.24, 2.45) is 0 Å². The maximum Gasteiger partial charge on any atom is 0.342 e. The highest BCUT2D eigenvalue weighted by Gasteiger charge is 2.25. The van der Waals surface area contributed by atoms with Crippen LogP contribution in [0.3, 0.4) is 0 Å². The number of nitrogens with one attached hydrogen (secondary N) is 1. The highest BCUT2D eigenvalue weighted by Crippen LogP contribution is 2.28. The summed E-state index contributed by atoms with van der Waals surface area (Å²) in [5.41, 5.74) is 1.38. The number of fused-ring (bicyclic) bond motifs is 1. The summed E-state index contributed by atoms with van der Waals surface area (Å²) in [5, 5.41) is 8.53. The summed E-state index contributed by atoms with van der Waals surface area (Å²) in [6.45, 7) is 11.0. The Bertz CT molecular complexity index is 1090. The zero-order valence-corrected chi connectivity index (χ0v) is 18.7. The average molecular weight is 424 g/mol. The van der Waals surface area contributed by atoms with Crippen LogP contribution in [0.1, 0.15) is 55.1 Å². The Morgan fingerprint density at radius 1 is 1.13 bits per heavy atom. The summed E-state index contributed by atoms with van der Waals surface area (Å²) in [7, 11) is 0. The van der Waals surface area contributed by atoms with Crippen LogP contribution in [-0.2, 0) is 16.1 Å². The van der Waals surface area contributed by atoms with Gasteiger partial charge in [0.05, 0.1) is 11.3 Å². The molecule has 0 bridgehead atoms. The van der Waals surface area contributed by atoms with E-state index in [9.17, 15) is 9.59 Å². The van der Waals surface area contributed by atoms with Gasteiger partial charge in [-0.15, -0.1) is 0 Å². The van der Waals surface area contributed by atoms with Gasteiger partial charge in [-0.2, -0.15) is 0 Å². The summed E-state index contributed by atoms with van der Waals surface area (Å²) >= 11 is 0. The second-order valence-corrected chi connectivity index (χ2v) is 8.57. The Morgan fingerprint density at radius 3 is 2.35 bits per heavy atom. The molecule has 7 nitrogen and oxygen atoms in total. The van der Waals surface area contributed by atoms with E-state index in [-0.39, 0.29) is 18.1 Å². The van der Waals surface area contributed by atoms with E-state index < -0.39 is 17.6 Å². The SMILES string of the molecule is Cc1noc(C)c1COc1cc2ccccc2cc1C(=O)O[C@@H](C)C(=O)NC(C)(C)C. The first kappa shape index (κ1) is 22.3. The van der Waals surface area contributed by atoms with Gasteiger partial charge in [0.25, 0.3) is 5.91 Å². The van der Waals surface area contributed by atoms with Crippen LogP contribution in [0.2, 0.25) is 0 Å². The van der Waals surface area contributed by atoms with Crippen LogP contribution in [0.15, 0.2) is 40.9 Å². The number of esters is 1. The number of hydrogen-bond donors (Lipinski definition) is 1. The summed E-state index contributed by atoms with van der Waals surface area (Å²) in [4.78, 5) is 25.3. The van der Waals surface area contributed by atoms with Crippen LogP contribution >= 0.6 is 0 Å². The smallest absolute Gasteiger partial charge is 0.342 e. The highest BCUT2D eigenvalue weighted by molar-refractivity contribution is 5.99. The molecule has 31 heavy (non-hydrogen) atoms. The van der Waals surface area contributed by atoms with Crippen molar-refractivity contribution in [3.8, 4) is 5.75 Å². The molecule has 0 saturated heterocycles. The third-order valence-electron chi connectivity index (χ3n) is 4.77. The number of carbonyl (C=O) groups excluding carboxylic acids is 2. The van der Waals surface area contributed by atoms with Crippen molar-refractivity contribution in [1.82, 2.24) is 10.5 Å². The van der Waals surface area contributed by atoms with Gasteiger partial charge in [0, 0.05) is 5.54 Å². The number of rotatable bonds is 6. The molecule has 0 radical (unpaired) electrons. The second kappa shape index (κ2) is 8.79. The van der Waals surface area contributed by atoms with Crippen LogP contribution in [0.4, 0.5) is 0 Å². The molecule has 0 aliphatic carbocycles. The van der Waals surface area contributed by atoms with Crippen LogP contribution in [-0.4, -0.2) is 28.7 Å². The molecule has 0 saturated carbocycles. The molecule has 1 amide bonds. The van der Waals surface area contributed by atoms with Crippen LogP contribution in [0.5, 0.6) is 5.75 Å². The molecular formula is C24H28N2O5. The fourth-order valence-electron chi connectivity index (χ4n) is 3.11. The number of ether oxygens (including phenoxy) is 2. The molecule has 0 unspecified atom stereocenters. The van der Waals surface area contributed by atoms with E-state index in [2.05, 4.69) is 10.5 Å². The van der Waals surface area contributed by atoms with Crippen LogP contribution in [0.25, 0.3) is 10.8 Å². The minimum atomic E-state index is -0.950. The van der Waals surface area contributed by atoms with Crippen molar-refractivity contribution in [2.45, 2.75) is 59.8 Å². The normalized spacial score (nSPS) is 12.5. The number of amides is 1. The highest BCUT2D eigenvalue weighted by atomic mass is 16.5. The lowest BCUT2D eigenvalue weighted by Gasteiger charge is -2.23. The Hall–Kier alpha value is -3.35. The molecule has 3 aromatic rings. The van der Waals surface area contributed by atoms with Gasteiger partial charge in [-0.3, -0.25) is 4.79 Å². The molecule has 7 heteroatoms. The quantitative estimate of drug-likeness (QED) is 0.587. The largest absolute Gasteiger partial charge is 0.488 e. The first-order valence-electron chi connectivity index (χ1n) is 10.2. The van der Waals surface area contributed by atoms with E-state index in [0.29, 0.717) is 11.5 Å². The maximum atomic E-state index is 13.0. The molecule has 0 spiro atoms. The maximum absolute atomic E-state index is 13.0. The Morgan fingerprint density at radius 2 is 1.77 bits per heavy atom. The van der Waals surface area contributed by atoms with Gasteiger partial charge >= 0.3 is 5.97 Å². The topological polar surface area (TPSA) is 90.7 Å². The van der Waals surface area contributed by atoms with Gasteiger partial charge in [0.15, 0.2) is 6.10 Å². The van der Waals surface area contributed by atoms with Gasteiger partial charge in [-0.1, -0.05) is 29.4 Å². The molecule has 0 aliphatic heterocycles. The van der Waals surface area contributed by atoms with E-state index in [4.69, 9.17) is 14.0 Å². The first-order chi connectivity index (χ1) is 14.5. The van der Waals surface area contributed by atoms with Crippen molar-refractivity contribution in [2.75, 3.05) is 0 Å². The van der Waals surface area contributed by atoms with Crippen molar-refractivity contribution >= 4 is 22.6 Å². The van der Waals surface area contributed by atoms with Crippen LogP contribution in [0, 0.1) is 13.8 Å². The summed E-state index contributed by atoms with van der Waals surface area (Å²) in [5.74, 6) is 0.0397. The lowest BCUT2D eigenvalue weighted by Crippen LogP contribution is -2.46. The fraction of sp³-hybridized carbons (Fsp3) is 0.375. The lowest BCUT2D eigenvalue weighted by atomic mass is 10.1. The number of carbonyl (C=O) groups is 2. The van der Waals surface area contributed by atoms with Crippen molar-refractivity contribution in [1.29, 1.82) is 0 Å². The Kier molecular flexibility index (Phi) is 6.34. The first-order valence-corrected chi connectivity index (χ1v) is 10.2. The number of hydrogen-bond acceptors (Lipinski definition) is 6. The average Bonchev–Trinajstić information content (AvgIpc) is 3.01. The standard InChI is InChI=1S/C24H28N2O5/c1-14-20(15(2)31-26-14)13-29-21-12-18-10-8-7-9-17(18)11-19(21)23(28)30-16(3)22(27)25-24(4,5)6/h7-12,16H,13H2,1-6H3,(H,25,27)/t16-/m0/s1. The van der Waals surface area contributed by atoms with Gasteiger partial charge in [0.2, 0.25) is 0 Å². The Labute approximate surface area is 181 Å². The van der Waals surface area contributed by atoms with Gasteiger partial charge in [-0.05, 0) is 64.4 Å². The van der Waals surface area contributed by atoms with E-state index in [1.165, 1.54) is 0 Å². The summed E-state index contributed by atoms with van der Waals surface area (Å²) < 4.78 is 16.6. The van der Waals surface area contributed by atoms with E-state index in [1.54, 1.807) is 19.1 Å². The molecule has 164 valence electrons. The third kappa shape index (κ3) is 5.42. The molecule has 1 aromatic heterocycles.